The lowest BCUT2D eigenvalue weighted by Gasteiger charge is -2.29. The zero-order valence-electron chi connectivity index (χ0n) is 16.6. The Hall–Kier alpha value is -2.09. The van der Waals surface area contributed by atoms with Crippen LogP contribution >= 0.6 is 34.7 Å². The number of nitrogens with zero attached hydrogens (tertiary/aromatic N) is 4. The molecular weight excluding hydrogens is 424 g/mol. The average Bonchev–Trinajstić information content (AvgIpc) is 3.29. The number of carbonyl (C=O) groups excluding carboxylic acids is 1. The van der Waals surface area contributed by atoms with Crippen LogP contribution in [0.5, 0.6) is 0 Å². The smallest absolute Gasteiger partial charge is 0.253 e. The van der Waals surface area contributed by atoms with Crippen molar-refractivity contribution in [2.24, 2.45) is 4.99 Å². The van der Waals surface area contributed by atoms with E-state index in [-0.39, 0.29) is 11.4 Å². The molecule has 1 aromatic carbocycles. The second-order valence-electron chi connectivity index (χ2n) is 7.64. The molecule has 0 unspecified atom stereocenters. The number of amidine groups is 1. The van der Waals surface area contributed by atoms with Gasteiger partial charge in [0.05, 0.1) is 16.9 Å². The largest absolute Gasteiger partial charge is 0.289 e. The number of thiazole rings is 1. The van der Waals surface area contributed by atoms with Crippen molar-refractivity contribution >= 4 is 62.5 Å². The number of fused-ring (bicyclic) bond motifs is 1. The zero-order valence-corrected chi connectivity index (χ0v) is 19.0. The van der Waals surface area contributed by atoms with E-state index in [0.717, 1.165) is 27.1 Å². The van der Waals surface area contributed by atoms with Crippen LogP contribution in [0.1, 0.15) is 30.7 Å². The molecule has 3 aromatic rings. The van der Waals surface area contributed by atoms with Gasteiger partial charge in [-0.3, -0.25) is 14.1 Å². The van der Waals surface area contributed by atoms with Gasteiger partial charge in [-0.2, -0.15) is 0 Å². The molecule has 3 heterocycles. The zero-order chi connectivity index (χ0) is 20.8. The monoisotopic (exact) mass is 444 g/mol. The minimum Gasteiger partial charge on any atom is -0.289 e. The van der Waals surface area contributed by atoms with Crippen molar-refractivity contribution < 1.29 is 4.79 Å². The predicted molar refractivity (Wildman–Crippen MR) is 124 cm³/mol. The van der Waals surface area contributed by atoms with Crippen LogP contribution in [-0.2, 0) is 4.79 Å². The minimum atomic E-state index is -0.331. The fraction of sp³-hybridized carbons (Fsp3) is 0.286. The Morgan fingerprint density at radius 1 is 1.34 bits per heavy atom. The maximum atomic E-state index is 13.2. The van der Waals surface area contributed by atoms with Crippen LogP contribution in [0.3, 0.4) is 0 Å². The first-order chi connectivity index (χ1) is 13.8. The standard InChI is InChI=1S/C21H21ClN4OS2/c1-13-5-6-15(14(2)11-13)23-20-26(21(3,4)12-29-20)17(27)8-7-16-18(22)24-19-25(16)9-10-28-19/h5-11H,12H2,1-4H3. The van der Waals surface area contributed by atoms with Gasteiger partial charge in [-0.25, -0.2) is 9.98 Å². The maximum Gasteiger partial charge on any atom is 0.253 e. The van der Waals surface area contributed by atoms with Gasteiger partial charge < -0.3 is 0 Å². The van der Waals surface area contributed by atoms with Crippen LogP contribution in [0, 0.1) is 13.8 Å². The molecule has 0 atom stereocenters. The highest BCUT2D eigenvalue weighted by molar-refractivity contribution is 8.14. The van der Waals surface area contributed by atoms with Gasteiger partial charge in [0.15, 0.2) is 15.3 Å². The maximum absolute atomic E-state index is 13.2. The Bertz CT molecular complexity index is 1160. The van der Waals surface area contributed by atoms with Crippen LogP contribution in [0.25, 0.3) is 11.0 Å². The number of rotatable bonds is 3. The SMILES string of the molecule is Cc1ccc(N=C2SCC(C)(C)N2C(=O)C=Cc2c(Cl)nc3sccn23)c(C)c1. The second-order valence-corrected chi connectivity index (χ2v) is 9.81. The summed E-state index contributed by atoms with van der Waals surface area (Å²) >= 11 is 9.35. The molecule has 1 saturated heterocycles. The lowest BCUT2D eigenvalue weighted by Crippen LogP contribution is -2.45. The molecular formula is C21H21ClN4OS2. The molecule has 29 heavy (non-hydrogen) atoms. The molecule has 0 bridgehead atoms. The summed E-state index contributed by atoms with van der Waals surface area (Å²) in [5.41, 5.74) is 3.54. The van der Waals surface area contributed by atoms with E-state index in [1.165, 1.54) is 16.9 Å². The molecule has 5 nitrogen and oxygen atoms in total. The van der Waals surface area contributed by atoms with Crippen molar-refractivity contribution in [3.63, 3.8) is 0 Å². The number of halogens is 1. The number of aliphatic imine (C=N–C) groups is 1. The second kappa shape index (κ2) is 7.63. The van der Waals surface area contributed by atoms with E-state index in [1.54, 1.807) is 28.8 Å². The number of hydrogen-bond acceptors (Lipinski definition) is 5. The number of imidazole rings is 1. The van der Waals surface area contributed by atoms with Crippen LogP contribution in [0.4, 0.5) is 5.69 Å². The molecule has 150 valence electrons. The topological polar surface area (TPSA) is 50.0 Å². The van der Waals surface area contributed by atoms with Gasteiger partial charge in [0.2, 0.25) is 0 Å². The first-order valence-electron chi connectivity index (χ1n) is 9.18. The van der Waals surface area contributed by atoms with E-state index in [4.69, 9.17) is 16.6 Å². The third kappa shape index (κ3) is 3.86. The summed E-state index contributed by atoms with van der Waals surface area (Å²) in [5, 5.41) is 3.05. The molecule has 0 aliphatic carbocycles. The lowest BCUT2D eigenvalue weighted by molar-refractivity contribution is -0.124. The fourth-order valence-corrected chi connectivity index (χ4v) is 5.53. The van der Waals surface area contributed by atoms with Crippen molar-refractivity contribution in [1.29, 1.82) is 0 Å². The van der Waals surface area contributed by atoms with Gasteiger partial charge in [-0.05, 0) is 45.4 Å². The molecule has 1 aliphatic rings. The normalized spacial score (nSPS) is 17.8. The average molecular weight is 445 g/mol. The van der Waals surface area contributed by atoms with E-state index in [2.05, 4.69) is 31.8 Å². The summed E-state index contributed by atoms with van der Waals surface area (Å²) in [7, 11) is 0. The number of hydrogen-bond donors (Lipinski definition) is 0. The van der Waals surface area contributed by atoms with Crippen LogP contribution in [-0.4, -0.2) is 36.7 Å². The highest BCUT2D eigenvalue weighted by atomic mass is 35.5. The molecule has 0 N–H and O–H groups in total. The fourth-order valence-electron chi connectivity index (χ4n) is 3.29. The van der Waals surface area contributed by atoms with Crippen LogP contribution in [0.2, 0.25) is 5.15 Å². The summed E-state index contributed by atoms with van der Waals surface area (Å²) in [6, 6.07) is 6.14. The Kier molecular flexibility index (Phi) is 5.31. The number of amides is 1. The predicted octanol–water partition coefficient (Wildman–Crippen LogP) is 5.72. The highest BCUT2D eigenvalue weighted by Gasteiger charge is 2.40. The molecule has 0 saturated carbocycles. The van der Waals surface area contributed by atoms with Gasteiger partial charge in [0.25, 0.3) is 5.91 Å². The van der Waals surface area contributed by atoms with E-state index in [9.17, 15) is 4.79 Å². The van der Waals surface area contributed by atoms with E-state index >= 15 is 0 Å². The molecule has 2 aromatic heterocycles. The van der Waals surface area contributed by atoms with E-state index in [1.807, 2.05) is 35.0 Å². The van der Waals surface area contributed by atoms with Crippen molar-refractivity contribution in [2.75, 3.05) is 5.75 Å². The summed E-state index contributed by atoms with van der Waals surface area (Å²) < 4.78 is 1.88. The van der Waals surface area contributed by atoms with E-state index in [0.29, 0.717) is 10.8 Å². The first kappa shape index (κ1) is 20.2. The Morgan fingerprint density at radius 2 is 2.14 bits per heavy atom. The first-order valence-corrected chi connectivity index (χ1v) is 11.4. The number of aromatic nitrogens is 2. The molecule has 1 fully saturated rings. The summed E-state index contributed by atoms with van der Waals surface area (Å²) in [6.45, 7) is 8.21. The summed E-state index contributed by atoms with van der Waals surface area (Å²) in [4.78, 5) is 24.8. The van der Waals surface area contributed by atoms with Crippen LogP contribution < -0.4 is 0 Å². The third-order valence-electron chi connectivity index (χ3n) is 4.78. The molecule has 1 aliphatic heterocycles. The van der Waals surface area contributed by atoms with Crippen LogP contribution in [0.15, 0.2) is 40.8 Å². The van der Waals surface area contributed by atoms with Crippen molar-refractivity contribution in [1.82, 2.24) is 14.3 Å². The molecule has 0 spiro atoms. The van der Waals surface area contributed by atoms with Gasteiger partial charge in [-0.1, -0.05) is 41.1 Å². The minimum absolute atomic E-state index is 0.121. The van der Waals surface area contributed by atoms with Gasteiger partial charge in [0, 0.05) is 23.4 Å². The number of thioether (sulfide) groups is 1. The third-order valence-corrected chi connectivity index (χ3v) is 7.20. The lowest BCUT2D eigenvalue weighted by atomic mass is 10.1. The molecule has 0 radical (unpaired) electrons. The molecule has 4 rings (SSSR count). The Morgan fingerprint density at radius 3 is 2.90 bits per heavy atom. The summed E-state index contributed by atoms with van der Waals surface area (Å²) in [5.74, 6) is 0.670. The molecule has 1 amide bonds. The van der Waals surface area contributed by atoms with Gasteiger partial charge in [0.1, 0.15) is 0 Å². The van der Waals surface area contributed by atoms with Gasteiger partial charge >= 0.3 is 0 Å². The van der Waals surface area contributed by atoms with Crippen molar-refractivity contribution in [3.05, 3.63) is 57.8 Å². The highest BCUT2D eigenvalue weighted by Crippen LogP contribution is 2.35. The Balaban J connectivity index is 1.66. The Labute approximate surface area is 183 Å². The quantitative estimate of drug-likeness (QED) is 0.485. The number of benzene rings is 1. The summed E-state index contributed by atoms with van der Waals surface area (Å²) in [6.07, 6.45) is 5.18. The van der Waals surface area contributed by atoms with Crippen molar-refractivity contribution in [3.8, 4) is 0 Å². The van der Waals surface area contributed by atoms with E-state index < -0.39 is 0 Å². The number of carbonyl (C=O) groups is 1. The number of aryl methyl sites for hydroxylation is 2. The molecule has 8 heteroatoms. The van der Waals surface area contributed by atoms with Crippen molar-refractivity contribution in [2.45, 2.75) is 33.2 Å². The van der Waals surface area contributed by atoms with Gasteiger partial charge in [-0.15, -0.1) is 11.3 Å².